The number of rotatable bonds is 4. The van der Waals surface area contributed by atoms with Crippen molar-refractivity contribution < 1.29 is 4.79 Å². The minimum atomic E-state index is 0.150. The second kappa shape index (κ2) is 5.92. The van der Waals surface area contributed by atoms with Gasteiger partial charge >= 0.3 is 0 Å². The van der Waals surface area contributed by atoms with E-state index in [0.717, 1.165) is 18.0 Å². The average Bonchev–Trinajstić information content (AvgIpc) is 3.22. The molecule has 1 aromatic heterocycles. The smallest absolute Gasteiger partial charge is 0.234 e. The van der Waals surface area contributed by atoms with E-state index in [1.807, 2.05) is 0 Å². The van der Waals surface area contributed by atoms with Crippen molar-refractivity contribution in [1.29, 1.82) is 0 Å². The molecule has 1 saturated carbocycles. The van der Waals surface area contributed by atoms with Crippen LogP contribution in [0.25, 0.3) is 10.9 Å². The first kappa shape index (κ1) is 15.7. The number of carbonyl (C=O) groups excluding carboxylic acids is 1. The van der Waals surface area contributed by atoms with E-state index in [2.05, 4.69) is 48.1 Å². The van der Waals surface area contributed by atoms with Crippen molar-refractivity contribution in [3.63, 3.8) is 0 Å². The van der Waals surface area contributed by atoms with Crippen LogP contribution in [0.3, 0.4) is 0 Å². The molecule has 2 heterocycles. The van der Waals surface area contributed by atoms with Crippen molar-refractivity contribution >= 4 is 16.8 Å². The van der Waals surface area contributed by atoms with Gasteiger partial charge in [-0.25, -0.2) is 0 Å². The van der Waals surface area contributed by atoms with Gasteiger partial charge in [-0.2, -0.15) is 0 Å². The van der Waals surface area contributed by atoms with E-state index in [1.165, 1.54) is 47.0 Å². The molecule has 2 fully saturated rings. The fraction of sp³-hybridized carbons (Fsp3) is 0.550. The summed E-state index contributed by atoms with van der Waals surface area (Å²) in [6, 6.07) is 5.05. The van der Waals surface area contributed by atoms with Crippen molar-refractivity contribution in [1.82, 2.24) is 15.2 Å². The summed E-state index contributed by atoms with van der Waals surface area (Å²) in [6.45, 7) is 8.64. The highest BCUT2D eigenvalue weighted by Crippen LogP contribution is 2.36. The van der Waals surface area contributed by atoms with Crippen LogP contribution in [0, 0.1) is 26.7 Å². The topological polar surface area (TPSA) is 48.1 Å². The van der Waals surface area contributed by atoms with E-state index in [1.54, 1.807) is 0 Å². The van der Waals surface area contributed by atoms with Crippen LogP contribution in [0.4, 0.5) is 0 Å². The van der Waals surface area contributed by atoms with Crippen LogP contribution >= 0.6 is 0 Å². The lowest BCUT2D eigenvalue weighted by atomic mass is 10.0. The molecule has 0 spiro atoms. The van der Waals surface area contributed by atoms with E-state index in [-0.39, 0.29) is 5.91 Å². The maximum Gasteiger partial charge on any atom is 0.234 e. The molecule has 2 N–H and O–H groups in total. The molecule has 1 aliphatic carbocycles. The maximum absolute atomic E-state index is 12.4. The molecule has 2 atom stereocenters. The zero-order chi connectivity index (χ0) is 16.8. The van der Waals surface area contributed by atoms with Crippen molar-refractivity contribution in [2.24, 2.45) is 5.92 Å². The number of nitrogens with one attached hydrogen (secondary N) is 2. The molecular formula is C20H27N3O. The lowest BCUT2D eigenvalue weighted by Gasteiger charge is -2.25. The fourth-order valence-electron chi connectivity index (χ4n) is 4.58. The number of benzene rings is 1. The standard InChI is InChI=1S/C20H27N3O/c1-12-6-16(20-18(7-12)13(2)14(3)22-20)9-21-19(24)11-23-10-15-4-5-17(23)8-15/h6-7,15,17,22H,4-5,8-11H2,1-3H3,(H,21,24)/t15-,17+/m0/s1. The molecule has 4 heteroatoms. The fourth-order valence-corrected chi connectivity index (χ4v) is 4.58. The lowest BCUT2D eigenvalue weighted by molar-refractivity contribution is -0.122. The van der Waals surface area contributed by atoms with Crippen molar-refractivity contribution in [3.8, 4) is 0 Å². The Balaban J connectivity index is 1.45. The van der Waals surface area contributed by atoms with Gasteiger partial charge in [0.05, 0.1) is 12.1 Å². The highest BCUT2D eigenvalue weighted by molar-refractivity contribution is 5.88. The Morgan fingerprint density at radius 1 is 1.29 bits per heavy atom. The summed E-state index contributed by atoms with van der Waals surface area (Å²) < 4.78 is 0. The quantitative estimate of drug-likeness (QED) is 0.907. The van der Waals surface area contributed by atoms with Crippen LogP contribution in [-0.4, -0.2) is 34.9 Å². The number of piperidine rings is 1. The van der Waals surface area contributed by atoms with Crippen molar-refractivity contribution in [2.45, 2.75) is 52.6 Å². The number of carbonyl (C=O) groups is 1. The minimum Gasteiger partial charge on any atom is -0.358 e. The van der Waals surface area contributed by atoms with Gasteiger partial charge in [-0.15, -0.1) is 0 Å². The summed E-state index contributed by atoms with van der Waals surface area (Å²) in [5.74, 6) is 0.987. The molecule has 0 unspecified atom stereocenters. The number of hydrogen-bond donors (Lipinski definition) is 2. The second-order valence-corrected chi connectivity index (χ2v) is 7.76. The molecule has 4 nitrogen and oxygen atoms in total. The molecule has 24 heavy (non-hydrogen) atoms. The SMILES string of the molecule is Cc1cc(CNC(=O)CN2C[C@H]3CC[C@@H]2C3)c2[nH]c(C)c(C)c2c1. The van der Waals surface area contributed by atoms with E-state index >= 15 is 0 Å². The zero-order valence-electron chi connectivity index (χ0n) is 14.9. The summed E-state index contributed by atoms with van der Waals surface area (Å²) in [7, 11) is 0. The molecule has 1 aliphatic heterocycles. The molecule has 1 amide bonds. The summed E-state index contributed by atoms with van der Waals surface area (Å²) in [5.41, 5.74) is 6.09. The summed E-state index contributed by atoms with van der Waals surface area (Å²) in [4.78, 5) is 18.2. The van der Waals surface area contributed by atoms with Gasteiger partial charge in [-0.05, 0) is 63.1 Å². The van der Waals surface area contributed by atoms with Gasteiger partial charge in [0.1, 0.15) is 0 Å². The first-order valence-electron chi connectivity index (χ1n) is 9.10. The Morgan fingerprint density at radius 3 is 2.83 bits per heavy atom. The Hall–Kier alpha value is -1.81. The first-order chi connectivity index (χ1) is 11.5. The summed E-state index contributed by atoms with van der Waals surface area (Å²) in [5, 5.41) is 4.40. The molecule has 4 rings (SSSR count). The summed E-state index contributed by atoms with van der Waals surface area (Å²) >= 11 is 0. The van der Waals surface area contributed by atoms with Crippen LogP contribution < -0.4 is 5.32 Å². The molecule has 0 radical (unpaired) electrons. The Kier molecular flexibility index (Phi) is 3.87. The predicted molar refractivity (Wildman–Crippen MR) is 97.1 cm³/mol. The molecule has 1 saturated heterocycles. The van der Waals surface area contributed by atoms with E-state index in [0.29, 0.717) is 19.1 Å². The Morgan fingerprint density at radius 2 is 2.12 bits per heavy atom. The largest absolute Gasteiger partial charge is 0.358 e. The zero-order valence-corrected chi connectivity index (χ0v) is 14.9. The van der Waals surface area contributed by atoms with Crippen LogP contribution in [0.15, 0.2) is 12.1 Å². The van der Waals surface area contributed by atoms with Gasteiger partial charge < -0.3 is 10.3 Å². The van der Waals surface area contributed by atoms with Crippen LogP contribution in [0.1, 0.15) is 41.6 Å². The average molecular weight is 325 g/mol. The van der Waals surface area contributed by atoms with Gasteiger partial charge in [-0.1, -0.05) is 11.6 Å². The number of amides is 1. The van der Waals surface area contributed by atoms with Gasteiger partial charge in [0, 0.05) is 30.2 Å². The molecule has 2 aromatic rings. The maximum atomic E-state index is 12.4. The normalized spacial score (nSPS) is 23.3. The molecule has 2 bridgehead atoms. The summed E-state index contributed by atoms with van der Waals surface area (Å²) in [6.07, 6.45) is 3.93. The van der Waals surface area contributed by atoms with Gasteiger partial charge in [-0.3, -0.25) is 9.69 Å². The van der Waals surface area contributed by atoms with Gasteiger partial charge in [0.2, 0.25) is 5.91 Å². The Labute approximate surface area is 143 Å². The van der Waals surface area contributed by atoms with E-state index < -0.39 is 0 Å². The third-order valence-corrected chi connectivity index (χ3v) is 5.99. The molecular weight excluding hydrogens is 298 g/mol. The van der Waals surface area contributed by atoms with Crippen LogP contribution in [0.5, 0.6) is 0 Å². The third-order valence-electron chi connectivity index (χ3n) is 5.99. The van der Waals surface area contributed by atoms with Gasteiger partial charge in [0.25, 0.3) is 0 Å². The number of fused-ring (bicyclic) bond motifs is 3. The predicted octanol–water partition coefficient (Wildman–Crippen LogP) is 3.19. The Bertz CT molecular complexity index is 792. The first-order valence-corrected chi connectivity index (χ1v) is 9.10. The highest BCUT2D eigenvalue weighted by atomic mass is 16.2. The minimum absolute atomic E-state index is 0.150. The van der Waals surface area contributed by atoms with Crippen LogP contribution in [0.2, 0.25) is 0 Å². The number of aromatic amines is 1. The van der Waals surface area contributed by atoms with Crippen LogP contribution in [-0.2, 0) is 11.3 Å². The van der Waals surface area contributed by atoms with Crippen molar-refractivity contribution in [3.05, 3.63) is 34.5 Å². The second-order valence-electron chi connectivity index (χ2n) is 7.76. The highest BCUT2D eigenvalue weighted by Gasteiger charge is 2.38. The van der Waals surface area contributed by atoms with Crippen molar-refractivity contribution in [2.75, 3.05) is 13.1 Å². The van der Waals surface area contributed by atoms with E-state index in [4.69, 9.17) is 0 Å². The number of hydrogen-bond acceptors (Lipinski definition) is 2. The lowest BCUT2D eigenvalue weighted by Crippen LogP contribution is -2.41. The molecule has 128 valence electrons. The number of likely N-dealkylation sites (tertiary alicyclic amines) is 1. The van der Waals surface area contributed by atoms with Gasteiger partial charge in [0.15, 0.2) is 0 Å². The third kappa shape index (κ3) is 2.73. The number of nitrogens with zero attached hydrogens (tertiary/aromatic N) is 1. The molecule has 1 aromatic carbocycles. The number of aryl methyl sites for hydroxylation is 3. The molecule has 2 aliphatic rings. The number of aromatic nitrogens is 1. The van der Waals surface area contributed by atoms with E-state index in [9.17, 15) is 4.79 Å². The number of H-pyrrole nitrogens is 1. The monoisotopic (exact) mass is 325 g/mol.